The minimum absolute atomic E-state index is 0.0748. The molecule has 0 saturated heterocycles. The second kappa shape index (κ2) is 7.39. The predicted octanol–water partition coefficient (Wildman–Crippen LogP) is 1.46. The van der Waals surface area contributed by atoms with Crippen LogP contribution in [0.1, 0.15) is 18.5 Å². The Morgan fingerprint density at radius 2 is 1.86 bits per heavy atom. The third-order valence-corrected chi connectivity index (χ3v) is 2.82. The molecule has 7 heteroatoms. The van der Waals surface area contributed by atoms with Crippen LogP contribution in [0.4, 0.5) is 11.9 Å². The fourth-order valence-electron chi connectivity index (χ4n) is 1.83. The van der Waals surface area contributed by atoms with E-state index in [0.29, 0.717) is 18.4 Å². The van der Waals surface area contributed by atoms with Gasteiger partial charge in [-0.25, -0.2) is 0 Å². The number of nitrogens with one attached hydrogen (secondary N) is 2. The van der Waals surface area contributed by atoms with E-state index >= 15 is 0 Å². The molecule has 2 aromatic rings. The molecule has 1 aromatic heterocycles. The Bertz CT molecular complexity index is 565. The minimum Gasteiger partial charge on any atom is -0.467 e. The van der Waals surface area contributed by atoms with Crippen LogP contribution in [0.2, 0.25) is 0 Å². The van der Waals surface area contributed by atoms with E-state index in [0.717, 1.165) is 5.56 Å². The molecule has 0 saturated carbocycles. The van der Waals surface area contributed by atoms with Crippen molar-refractivity contribution in [2.45, 2.75) is 13.0 Å². The summed E-state index contributed by atoms with van der Waals surface area (Å²) in [6, 6.07) is 9.53. The minimum atomic E-state index is -0.298. The maximum atomic E-state index is 9.56. The number of hydrogen-bond acceptors (Lipinski definition) is 7. The van der Waals surface area contributed by atoms with E-state index in [1.807, 2.05) is 37.3 Å². The van der Waals surface area contributed by atoms with Crippen LogP contribution >= 0.6 is 0 Å². The average Bonchev–Trinajstić information content (AvgIpc) is 2.53. The molecule has 3 N–H and O–H groups in total. The molecule has 0 aliphatic rings. The second-order valence-electron chi connectivity index (χ2n) is 4.29. The number of aliphatic hydroxyl groups is 1. The lowest BCUT2D eigenvalue weighted by molar-refractivity contribution is 0.275. The number of methoxy groups -OCH3 is 1. The summed E-state index contributed by atoms with van der Waals surface area (Å²) in [5.74, 6) is 0.775. The summed E-state index contributed by atoms with van der Waals surface area (Å²) >= 11 is 0. The molecular weight excluding hydrogens is 270 g/mol. The Morgan fingerprint density at radius 3 is 2.48 bits per heavy atom. The van der Waals surface area contributed by atoms with Crippen molar-refractivity contribution in [2.24, 2.45) is 0 Å². The van der Waals surface area contributed by atoms with Crippen molar-refractivity contribution in [1.29, 1.82) is 0 Å². The summed E-state index contributed by atoms with van der Waals surface area (Å²) in [6.07, 6.45) is 0. The van der Waals surface area contributed by atoms with Gasteiger partial charge in [0, 0.05) is 6.54 Å². The van der Waals surface area contributed by atoms with Gasteiger partial charge in [0.2, 0.25) is 11.9 Å². The van der Waals surface area contributed by atoms with Crippen molar-refractivity contribution < 1.29 is 9.84 Å². The highest BCUT2D eigenvalue weighted by molar-refractivity contribution is 5.38. The van der Waals surface area contributed by atoms with Gasteiger partial charge in [0.15, 0.2) is 0 Å². The van der Waals surface area contributed by atoms with Gasteiger partial charge in [-0.3, -0.25) is 0 Å². The fourth-order valence-corrected chi connectivity index (χ4v) is 1.83. The third kappa shape index (κ3) is 4.03. The second-order valence-corrected chi connectivity index (χ2v) is 4.29. The van der Waals surface area contributed by atoms with Crippen molar-refractivity contribution >= 4 is 11.9 Å². The van der Waals surface area contributed by atoms with Crippen LogP contribution in [0.15, 0.2) is 30.3 Å². The quantitative estimate of drug-likeness (QED) is 0.710. The molecular formula is C14H19N5O2. The number of hydrogen-bond donors (Lipinski definition) is 3. The number of aromatic nitrogens is 3. The Morgan fingerprint density at radius 1 is 1.14 bits per heavy atom. The van der Waals surface area contributed by atoms with Crippen LogP contribution in [-0.2, 0) is 0 Å². The molecule has 1 heterocycles. The molecule has 1 atom stereocenters. The lowest BCUT2D eigenvalue weighted by Crippen LogP contribution is -2.18. The van der Waals surface area contributed by atoms with Crippen LogP contribution in [0.3, 0.4) is 0 Å². The zero-order chi connectivity index (χ0) is 15.1. The maximum Gasteiger partial charge on any atom is 0.322 e. The van der Waals surface area contributed by atoms with Crippen LogP contribution in [0.25, 0.3) is 0 Å². The summed E-state index contributed by atoms with van der Waals surface area (Å²) < 4.78 is 5.06. The highest BCUT2D eigenvalue weighted by Crippen LogP contribution is 2.18. The number of rotatable bonds is 7. The summed E-state index contributed by atoms with van der Waals surface area (Å²) in [4.78, 5) is 12.5. The Balaban J connectivity index is 2.22. The van der Waals surface area contributed by atoms with Crippen molar-refractivity contribution in [3.63, 3.8) is 0 Å². The first-order valence-corrected chi connectivity index (χ1v) is 6.73. The third-order valence-electron chi connectivity index (χ3n) is 2.82. The number of benzene rings is 1. The van der Waals surface area contributed by atoms with Crippen molar-refractivity contribution in [3.8, 4) is 6.01 Å². The fraction of sp³-hybridized carbons (Fsp3) is 0.357. The smallest absolute Gasteiger partial charge is 0.322 e. The molecule has 0 bridgehead atoms. The summed E-state index contributed by atoms with van der Waals surface area (Å²) in [7, 11) is 1.50. The normalized spacial score (nSPS) is 11.8. The highest BCUT2D eigenvalue weighted by Gasteiger charge is 2.13. The van der Waals surface area contributed by atoms with E-state index in [9.17, 15) is 5.11 Å². The zero-order valence-electron chi connectivity index (χ0n) is 12.1. The SMILES string of the molecule is CCNc1nc(NC(CO)c2ccccc2)nc(OC)n1. The maximum absolute atomic E-state index is 9.56. The van der Waals surface area contributed by atoms with Gasteiger partial charge in [0.05, 0.1) is 19.8 Å². The lowest BCUT2D eigenvalue weighted by atomic mass is 10.1. The van der Waals surface area contributed by atoms with Gasteiger partial charge in [-0.2, -0.15) is 15.0 Å². The Labute approximate surface area is 123 Å². The van der Waals surface area contributed by atoms with Crippen LogP contribution in [0.5, 0.6) is 6.01 Å². The summed E-state index contributed by atoms with van der Waals surface area (Å²) in [5.41, 5.74) is 0.948. The summed E-state index contributed by atoms with van der Waals surface area (Å²) in [6.45, 7) is 2.56. The number of anilines is 2. The Hall–Kier alpha value is -2.41. The topological polar surface area (TPSA) is 92.2 Å². The Kier molecular flexibility index (Phi) is 5.28. The van der Waals surface area contributed by atoms with Crippen LogP contribution in [-0.4, -0.2) is 40.3 Å². The molecule has 1 aromatic carbocycles. The molecule has 0 spiro atoms. The van der Waals surface area contributed by atoms with Gasteiger partial charge in [-0.1, -0.05) is 30.3 Å². The van der Waals surface area contributed by atoms with Crippen molar-refractivity contribution in [1.82, 2.24) is 15.0 Å². The molecule has 0 amide bonds. The molecule has 112 valence electrons. The first-order valence-electron chi connectivity index (χ1n) is 6.73. The summed E-state index contributed by atoms with van der Waals surface area (Å²) in [5, 5.41) is 15.7. The lowest BCUT2D eigenvalue weighted by Gasteiger charge is -2.17. The molecule has 21 heavy (non-hydrogen) atoms. The predicted molar refractivity (Wildman–Crippen MR) is 80.4 cm³/mol. The molecule has 0 aliphatic heterocycles. The molecule has 1 unspecified atom stereocenters. The molecule has 0 fully saturated rings. The molecule has 7 nitrogen and oxygen atoms in total. The van der Waals surface area contributed by atoms with Gasteiger partial charge >= 0.3 is 6.01 Å². The van der Waals surface area contributed by atoms with Gasteiger partial charge in [-0.15, -0.1) is 0 Å². The molecule has 0 aliphatic carbocycles. The first kappa shape index (κ1) is 15.0. The van der Waals surface area contributed by atoms with E-state index in [1.165, 1.54) is 7.11 Å². The van der Waals surface area contributed by atoms with E-state index in [-0.39, 0.29) is 18.7 Å². The van der Waals surface area contributed by atoms with Gasteiger partial charge < -0.3 is 20.5 Å². The number of nitrogens with zero attached hydrogens (tertiary/aromatic N) is 3. The van der Waals surface area contributed by atoms with E-state index in [4.69, 9.17) is 4.74 Å². The largest absolute Gasteiger partial charge is 0.467 e. The standard InChI is InChI=1S/C14H19N5O2/c1-3-15-12-17-13(19-14(18-12)21-2)16-11(9-20)10-7-5-4-6-8-10/h4-8,11,20H,3,9H2,1-2H3,(H2,15,16,17,18,19). The zero-order valence-corrected chi connectivity index (χ0v) is 12.1. The average molecular weight is 289 g/mol. The monoisotopic (exact) mass is 289 g/mol. The molecule has 0 radical (unpaired) electrons. The van der Waals surface area contributed by atoms with Crippen molar-refractivity contribution in [3.05, 3.63) is 35.9 Å². The van der Waals surface area contributed by atoms with E-state index in [2.05, 4.69) is 25.6 Å². The highest BCUT2D eigenvalue weighted by atomic mass is 16.5. The van der Waals surface area contributed by atoms with Gasteiger partial charge in [0.25, 0.3) is 0 Å². The van der Waals surface area contributed by atoms with Crippen LogP contribution < -0.4 is 15.4 Å². The molecule has 2 rings (SSSR count). The van der Waals surface area contributed by atoms with Gasteiger partial charge in [-0.05, 0) is 12.5 Å². The van der Waals surface area contributed by atoms with Gasteiger partial charge in [0.1, 0.15) is 0 Å². The van der Waals surface area contributed by atoms with Crippen molar-refractivity contribution in [2.75, 3.05) is 30.9 Å². The van der Waals surface area contributed by atoms with E-state index < -0.39 is 0 Å². The van der Waals surface area contributed by atoms with E-state index in [1.54, 1.807) is 0 Å². The number of aliphatic hydroxyl groups excluding tert-OH is 1. The first-order chi connectivity index (χ1) is 10.3. The van der Waals surface area contributed by atoms with Crippen LogP contribution in [0, 0.1) is 0 Å². The number of ether oxygens (including phenoxy) is 1.